The summed E-state index contributed by atoms with van der Waals surface area (Å²) in [6.45, 7) is 0.190. The molecule has 0 aliphatic carbocycles. The Bertz CT molecular complexity index is 1270. The van der Waals surface area contributed by atoms with Crippen LogP contribution < -0.4 is 33.2 Å². The first kappa shape index (κ1) is 35.7. The molecule has 240 valence electrons. The van der Waals surface area contributed by atoms with E-state index in [4.69, 9.17) is 17.2 Å². The Morgan fingerprint density at radius 1 is 0.773 bits per heavy atom. The van der Waals surface area contributed by atoms with E-state index in [1.807, 2.05) is 6.26 Å². The van der Waals surface area contributed by atoms with Gasteiger partial charge in [0.25, 0.3) is 0 Å². The monoisotopic (exact) mass is 631 g/mol. The number of rotatable bonds is 18. The van der Waals surface area contributed by atoms with Crippen molar-refractivity contribution in [2.45, 2.75) is 56.3 Å². The molecule has 4 unspecified atom stereocenters. The van der Waals surface area contributed by atoms with Crippen molar-refractivity contribution in [1.29, 1.82) is 0 Å². The normalized spacial score (nSPS) is 13.5. The molecule has 2 aromatic carbocycles. The van der Waals surface area contributed by atoms with Crippen molar-refractivity contribution in [1.82, 2.24) is 16.0 Å². The van der Waals surface area contributed by atoms with Gasteiger partial charge in [0.1, 0.15) is 29.6 Å². The van der Waals surface area contributed by atoms with Gasteiger partial charge in [-0.1, -0.05) is 24.3 Å². The van der Waals surface area contributed by atoms with Crippen molar-refractivity contribution in [2.75, 3.05) is 18.6 Å². The van der Waals surface area contributed by atoms with Crippen molar-refractivity contribution in [3.05, 3.63) is 59.7 Å². The molecular formula is C29H41N7O7S. The highest BCUT2D eigenvalue weighted by molar-refractivity contribution is 7.98. The Morgan fingerprint density at radius 2 is 1.25 bits per heavy atom. The maximum Gasteiger partial charge on any atom is 0.326 e. The molecule has 0 heterocycles. The number of hydrogen-bond acceptors (Lipinski definition) is 9. The molecule has 14 nitrogen and oxygen atoms in total. The number of benzene rings is 2. The smallest absolute Gasteiger partial charge is 0.326 e. The van der Waals surface area contributed by atoms with E-state index >= 15 is 0 Å². The zero-order valence-corrected chi connectivity index (χ0v) is 25.3. The summed E-state index contributed by atoms with van der Waals surface area (Å²) in [5.41, 5.74) is 18.1. The Balaban J connectivity index is 2.16. The van der Waals surface area contributed by atoms with Crippen LogP contribution in [0.4, 0.5) is 0 Å². The van der Waals surface area contributed by atoms with E-state index in [2.05, 4.69) is 20.9 Å². The number of hydrogen-bond donors (Lipinski definition) is 9. The lowest BCUT2D eigenvalue weighted by atomic mass is 10.0. The number of carboxylic acid groups (broad SMARTS) is 1. The van der Waals surface area contributed by atoms with E-state index in [1.165, 1.54) is 36.0 Å². The summed E-state index contributed by atoms with van der Waals surface area (Å²) in [7, 11) is 0. The minimum Gasteiger partial charge on any atom is -0.508 e. The lowest BCUT2D eigenvalue weighted by Crippen LogP contribution is -2.57. The zero-order chi connectivity index (χ0) is 32.6. The Hall–Kier alpha value is -4.50. The predicted molar refractivity (Wildman–Crippen MR) is 168 cm³/mol. The fraction of sp³-hybridized carbons (Fsp3) is 0.414. The van der Waals surface area contributed by atoms with Gasteiger partial charge in [0.05, 0.1) is 6.04 Å². The van der Waals surface area contributed by atoms with Gasteiger partial charge in [0.2, 0.25) is 17.7 Å². The third-order valence-electron chi connectivity index (χ3n) is 6.54. The molecule has 2 rings (SSSR count). The number of guanidine groups is 1. The van der Waals surface area contributed by atoms with Crippen LogP contribution in [0.25, 0.3) is 0 Å². The number of aliphatic carboxylic acids is 1. The number of aliphatic imine (C=N–C) groups is 1. The van der Waals surface area contributed by atoms with Crippen molar-refractivity contribution in [2.24, 2.45) is 22.2 Å². The Morgan fingerprint density at radius 3 is 1.75 bits per heavy atom. The summed E-state index contributed by atoms with van der Waals surface area (Å²) in [6.07, 6.45) is 2.55. The summed E-state index contributed by atoms with van der Waals surface area (Å²) in [6, 6.07) is 7.61. The number of amides is 3. The number of phenolic OH excluding ortho intramolecular Hbond substituents is 2. The first-order chi connectivity index (χ1) is 20.9. The molecule has 0 spiro atoms. The number of carbonyl (C=O) groups excluding carboxylic acids is 3. The molecule has 3 amide bonds. The van der Waals surface area contributed by atoms with Gasteiger partial charge < -0.3 is 48.5 Å². The second-order valence-corrected chi connectivity index (χ2v) is 11.1. The zero-order valence-electron chi connectivity index (χ0n) is 24.4. The topological polar surface area (TPSA) is 255 Å². The van der Waals surface area contributed by atoms with Crippen LogP contribution in [0.5, 0.6) is 11.5 Å². The molecule has 44 heavy (non-hydrogen) atoms. The third-order valence-corrected chi connectivity index (χ3v) is 7.19. The lowest BCUT2D eigenvalue weighted by Gasteiger charge is -2.25. The number of carbonyl (C=O) groups is 4. The predicted octanol–water partition coefficient (Wildman–Crippen LogP) is -0.444. The summed E-state index contributed by atoms with van der Waals surface area (Å²) in [4.78, 5) is 55.5. The standard InChI is InChI=1S/C29H41N7O7S/c1-44-14-12-23(27(41)36-24(28(42)43)16-18-6-10-20(38)11-7-18)35-26(40)22(3-2-13-33-29(31)32)34-25(39)21(30)15-17-4-8-19(37)9-5-17/h4-11,21-24,37-38H,2-3,12-16,30H2,1H3,(H,34,39)(H,35,40)(H,36,41)(H,42,43)(H4,31,32,33). The van der Waals surface area contributed by atoms with Crippen LogP contribution in [0.1, 0.15) is 30.4 Å². The van der Waals surface area contributed by atoms with E-state index in [1.54, 1.807) is 24.3 Å². The van der Waals surface area contributed by atoms with Gasteiger partial charge in [-0.25, -0.2) is 4.79 Å². The van der Waals surface area contributed by atoms with Gasteiger partial charge in [-0.2, -0.15) is 11.8 Å². The first-order valence-electron chi connectivity index (χ1n) is 13.9. The van der Waals surface area contributed by atoms with Crippen molar-refractivity contribution in [3.63, 3.8) is 0 Å². The molecule has 15 heteroatoms. The van der Waals surface area contributed by atoms with Crippen LogP contribution in [0.15, 0.2) is 53.5 Å². The van der Waals surface area contributed by atoms with Gasteiger partial charge in [-0.15, -0.1) is 0 Å². The average Bonchev–Trinajstić information content (AvgIpc) is 2.98. The average molecular weight is 632 g/mol. The maximum absolute atomic E-state index is 13.4. The van der Waals surface area contributed by atoms with Crippen molar-refractivity contribution >= 4 is 41.4 Å². The van der Waals surface area contributed by atoms with Gasteiger partial charge in [-0.3, -0.25) is 19.4 Å². The third kappa shape index (κ3) is 12.8. The fourth-order valence-electron chi connectivity index (χ4n) is 4.15. The van der Waals surface area contributed by atoms with E-state index in [-0.39, 0.29) is 49.7 Å². The van der Waals surface area contributed by atoms with Crippen molar-refractivity contribution in [3.8, 4) is 11.5 Å². The number of thioether (sulfide) groups is 1. The second kappa shape index (κ2) is 18.2. The molecule has 0 bridgehead atoms. The molecule has 0 saturated carbocycles. The summed E-state index contributed by atoms with van der Waals surface area (Å²) in [5.74, 6) is -2.80. The summed E-state index contributed by atoms with van der Waals surface area (Å²) in [5, 5.41) is 36.5. The van der Waals surface area contributed by atoms with E-state index in [0.29, 0.717) is 23.3 Å². The number of phenols is 2. The van der Waals surface area contributed by atoms with Crippen LogP contribution in [0.3, 0.4) is 0 Å². The number of nitrogens with one attached hydrogen (secondary N) is 3. The van der Waals surface area contributed by atoms with E-state index in [9.17, 15) is 34.5 Å². The molecule has 2 aromatic rings. The summed E-state index contributed by atoms with van der Waals surface area (Å²) < 4.78 is 0. The van der Waals surface area contributed by atoms with Crippen molar-refractivity contribution < 1.29 is 34.5 Å². The number of aromatic hydroxyl groups is 2. The number of nitrogens with two attached hydrogens (primary N) is 3. The molecular weight excluding hydrogens is 590 g/mol. The quantitative estimate of drug-likeness (QED) is 0.0579. The van der Waals surface area contributed by atoms with Crippen LogP contribution in [-0.2, 0) is 32.0 Å². The highest BCUT2D eigenvalue weighted by atomic mass is 32.2. The molecule has 0 radical (unpaired) electrons. The molecule has 0 aromatic heterocycles. The Labute approximate surface area is 259 Å². The van der Waals surface area contributed by atoms with Gasteiger partial charge >= 0.3 is 5.97 Å². The molecule has 0 saturated heterocycles. The highest BCUT2D eigenvalue weighted by Gasteiger charge is 2.30. The molecule has 4 atom stereocenters. The van der Waals surface area contributed by atoms with Gasteiger partial charge in [0.15, 0.2) is 5.96 Å². The highest BCUT2D eigenvalue weighted by Crippen LogP contribution is 2.13. The molecule has 0 aliphatic rings. The summed E-state index contributed by atoms with van der Waals surface area (Å²) >= 11 is 1.44. The van der Waals surface area contributed by atoms with Gasteiger partial charge in [-0.05, 0) is 73.1 Å². The minimum atomic E-state index is -1.30. The van der Waals surface area contributed by atoms with Crippen LogP contribution in [-0.4, -0.2) is 87.7 Å². The van der Waals surface area contributed by atoms with Crippen LogP contribution in [0.2, 0.25) is 0 Å². The first-order valence-corrected chi connectivity index (χ1v) is 15.3. The minimum absolute atomic E-state index is 0.0192. The fourth-order valence-corrected chi connectivity index (χ4v) is 4.62. The Kier molecular flexibility index (Phi) is 14.8. The lowest BCUT2D eigenvalue weighted by molar-refractivity contribution is -0.142. The van der Waals surface area contributed by atoms with E-state index in [0.717, 1.165) is 0 Å². The SMILES string of the molecule is CSCCC(NC(=O)C(CCCN=C(N)N)NC(=O)C(N)Cc1ccc(O)cc1)C(=O)NC(Cc1ccc(O)cc1)C(=O)O. The maximum atomic E-state index is 13.4. The second-order valence-electron chi connectivity index (χ2n) is 10.1. The van der Waals surface area contributed by atoms with Crippen LogP contribution in [0, 0.1) is 0 Å². The number of carboxylic acids is 1. The number of nitrogens with zero attached hydrogens (tertiary/aromatic N) is 1. The molecule has 12 N–H and O–H groups in total. The van der Waals surface area contributed by atoms with Crippen LogP contribution >= 0.6 is 11.8 Å². The van der Waals surface area contributed by atoms with E-state index < -0.39 is 47.9 Å². The molecule has 0 aliphatic heterocycles. The van der Waals surface area contributed by atoms with Gasteiger partial charge in [0, 0.05) is 13.0 Å². The largest absolute Gasteiger partial charge is 0.508 e. The molecule has 0 fully saturated rings.